The molecule has 6 nitrogen and oxygen atoms in total. The van der Waals surface area contributed by atoms with Crippen LogP contribution in [0.5, 0.6) is 0 Å². The van der Waals surface area contributed by atoms with Crippen LogP contribution < -0.4 is 0 Å². The van der Waals surface area contributed by atoms with Gasteiger partial charge in [0.15, 0.2) is 6.29 Å². The van der Waals surface area contributed by atoms with E-state index in [4.69, 9.17) is 0 Å². The Labute approximate surface area is 151 Å². The molecule has 0 spiro atoms. The van der Waals surface area contributed by atoms with Crippen LogP contribution in [-0.2, 0) is 6.42 Å². The molecule has 1 unspecified atom stereocenters. The molecule has 0 saturated carbocycles. The fourth-order valence-electron chi connectivity index (χ4n) is 3.47. The van der Waals surface area contributed by atoms with Crippen molar-refractivity contribution in [1.29, 1.82) is 0 Å². The van der Waals surface area contributed by atoms with Crippen molar-refractivity contribution in [1.82, 2.24) is 4.90 Å². The fraction of sp³-hybridized carbons (Fsp3) is 0.300. The van der Waals surface area contributed by atoms with Crippen LogP contribution in [0.4, 0.5) is 5.69 Å². The summed E-state index contributed by atoms with van der Waals surface area (Å²) in [4.78, 5) is 36.3. The van der Waals surface area contributed by atoms with Crippen LogP contribution in [0.15, 0.2) is 48.5 Å². The summed E-state index contributed by atoms with van der Waals surface area (Å²) in [5.74, 6) is -0.216. The van der Waals surface area contributed by atoms with E-state index in [1.807, 2.05) is 35.2 Å². The second-order valence-electron chi connectivity index (χ2n) is 6.49. The van der Waals surface area contributed by atoms with Crippen molar-refractivity contribution in [3.63, 3.8) is 0 Å². The highest BCUT2D eigenvalue weighted by molar-refractivity contribution is 5.96. The first-order valence-electron chi connectivity index (χ1n) is 8.68. The number of benzene rings is 2. The predicted molar refractivity (Wildman–Crippen MR) is 97.3 cm³/mol. The van der Waals surface area contributed by atoms with E-state index in [9.17, 15) is 19.7 Å². The zero-order valence-corrected chi connectivity index (χ0v) is 14.3. The van der Waals surface area contributed by atoms with Crippen LogP contribution >= 0.6 is 0 Å². The van der Waals surface area contributed by atoms with Gasteiger partial charge in [-0.25, -0.2) is 0 Å². The highest BCUT2D eigenvalue weighted by Gasteiger charge is 2.29. The van der Waals surface area contributed by atoms with E-state index in [-0.39, 0.29) is 28.8 Å². The van der Waals surface area contributed by atoms with Gasteiger partial charge in [0, 0.05) is 24.2 Å². The van der Waals surface area contributed by atoms with E-state index in [1.54, 1.807) is 0 Å². The minimum Gasteiger partial charge on any atom is -0.335 e. The van der Waals surface area contributed by atoms with E-state index in [0.717, 1.165) is 25.7 Å². The average Bonchev–Trinajstić information content (AvgIpc) is 2.68. The number of nitrogens with zero attached hydrogens (tertiary/aromatic N) is 2. The molecule has 26 heavy (non-hydrogen) atoms. The standard InChI is InChI=1S/C20H20N2O4/c23-14-17-10-9-16(13-19(17)22(25)26)20(24)21-11-5-4-8-18(21)12-15-6-2-1-3-7-15/h1-3,6-7,9-10,13-14,18H,4-5,8,11-12H2. The van der Waals surface area contributed by atoms with Crippen molar-refractivity contribution < 1.29 is 14.5 Å². The molecule has 1 atom stereocenters. The summed E-state index contributed by atoms with van der Waals surface area (Å²) >= 11 is 0. The Morgan fingerprint density at radius 2 is 1.96 bits per heavy atom. The van der Waals surface area contributed by atoms with Gasteiger partial charge < -0.3 is 4.90 Å². The average molecular weight is 352 g/mol. The van der Waals surface area contributed by atoms with E-state index in [2.05, 4.69) is 0 Å². The van der Waals surface area contributed by atoms with Gasteiger partial charge in [-0.15, -0.1) is 0 Å². The third kappa shape index (κ3) is 3.79. The molecule has 1 fully saturated rings. The van der Waals surface area contributed by atoms with Gasteiger partial charge in [-0.2, -0.15) is 0 Å². The molecule has 1 aliphatic rings. The van der Waals surface area contributed by atoms with Crippen LogP contribution in [0.3, 0.4) is 0 Å². The molecule has 6 heteroatoms. The second-order valence-corrected chi connectivity index (χ2v) is 6.49. The lowest BCUT2D eigenvalue weighted by molar-refractivity contribution is -0.385. The first-order chi connectivity index (χ1) is 12.6. The number of likely N-dealkylation sites (tertiary alicyclic amines) is 1. The predicted octanol–water partition coefficient (Wildman–Crippen LogP) is 3.64. The smallest absolute Gasteiger partial charge is 0.280 e. The summed E-state index contributed by atoms with van der Waals surface area (Å²) in [5, 5.41) is 11.2. The maximum atomic E-state index is 13.0. The molecule has 2 aromatic rings. The third-order valence-electron chi connectivity index (χ3n) is 4.80. The normalized spacial score (nSPS) is 16.9. The number of hydrogen-bond donors (Lipinski definition) is 0. The quantitative estimate of drug-likeness (QED) is 0.467. The number of hydrogen-bond acceptors (Lipinski definition) is 4. The molecule has 2 aromatic carbocycles. The first-order valence-corrected chi connectivity index (χ1v) is 8.68. The number of carbonyl (C=O) groups is 2. The summed E-state index contributed by atoms with van der Waals surface area (Å²) < 4.78 is 0. The Morgan fingerprint density at radius 3 is 2.65 bits per heavy atom. The number of rotatable bonds is 5. The molecule has 0 bridgehead atoms. The molecule has 3 rings (SSSR count). The highest BCUT2D eigenvalue weighted by atomic mass is 16.6. The lowest BCUT2D eigenvalue weighted by Gasteiger charge is -2.36. The largest absolute Gasteiger partial charge is 0.335 e. The summed E-state index contributed by atoms with van der Waals surface area (Å²) in [6.07, 6.45) is 4.10. The topological polar surface area (TPSA) is 80.5 Å². The number of piperidine rings is 1. The molecule has 0 aromatic heterocycles. The van der Waals surface area contributed by atoms with Gasteiger partial charge in [0.05, 0.1) is 10.5 Å². The van der Waals surface area contributed by atoms with Crippen molar-refractivity contribution in [2.24, 2.45) is 0 Å². The van der Waals surface area contributed by atoms with Crippen LogP contribution in [0.2, 0.25) is 0 Å². The van der Waals surface area contributed by atoms with E-state index >= 15 is 0 Å². The minimum absolute atomic E-state index is 0.0222. The van der Waals surface area contributed by atoms with Crippen molar-refractivity contribution in [3.8, 4) is 0 Å². The molecule has 0 radical (unpaired) electrons. The maximum Gasteiger partial charge on any atom is 0.280 e. The fourth-order valence-corrected chi connectivity index (χ4v) is 3.47. The third-order valence-corrected chi connectivity index (χ3v) is 4.80. The zero-order chi connectivity index (χ0) is 18.5. The number of nitro groups is 1. The Morgan fingerprint density at radius 1 is 1.19 bits per heavy atom. The van der Waals surface area contributed by atoms with Gasteiger partial charge in [0.1, 0.15) is 0 Å². The van der Waals surface area contributed by atoms with Gasteiger partial charge in [0.2, 0.25) is 0 Å². The molecule has 134 valence electrons. The number of amides is 1. The summed E-state index contributed by atoms with van der Waals surface area (Å²) in [6, 6.07) is 14.1. The van der Waals surface area contributed by atoms with E-state index < -0.39 is 4.92 Å². The van der Waals surface area contributed by atoms with Gasteiger partial charge in [-0.3, -0.25) is 19.7 Å². The van der Waals surface area contributed by atoms with E-state index in [0.29, 0.717) is 12.8 Å². The van der Waals surface area contributed by atoms with Crippen LogP contribution in [0.25, 0.3) is 0 Å². The second kappa shape index (κ2) is 7.91. The maximum absolute atomic E-state index is 13.0. The van der Waals surface area contributed by atoms with Gasteiger partial charge in [-0.05, 0) is 43.4 Å². The van der Waals surface area contributed by atoms with Crippen molar-refractivity contribution in [2.75, 3.05) is 6.54 Å². The van der Waals surface area contributed by atoms with Gasteiger partial charge in [-0.1, -0.05) is 30.3 Å². The van der Waals surface area contributed by atoms with Crippen molar-refractivity contribution >= 4 is 17.9 Å². The molecular formula is C20H20N2O4. The molecule has 0 N–H and O–H groups in total. The van der Waals surface area contributed by atoms with E-state index in [1.165, 1.54) is 23.8 Å². The highest BCUT2D eigenvalue weighted by Crippen LogP contribution is 2.25. The summed E-state index contributed by atoms with van der Waals surface area (Å²) in [5.41, 5.74) is 1.07. The van der Waals surface area contributed by atoms with Gasteiger partial charge in [0.25, 0.3) is 11.6 Å². The molecular weight excluding hydrogens is 332 g/mol. The lowest BCUT2D eigenvalue weighted by Crippen LogP contribution is -2.44. The van der Waals surface area contributed by atoms with Crippen LogP contribution in [0, 0.1) is 10.1 Å². The van der Waals surface area contributed by atoms with Gasteiger partial charge >= 0.3 is 0 Å². The lowest BCUT2D eigenvalue weighted by atomic mass is 9.94. The van der Waals surface area contributed by atoms with Crippen molar-refractivity contribution in [2.45, 2.75) is 31.7 Å². The minimum atomic E-state index is -0.627. The number of aldehydes is 1. The number of nitro benzene ring substituents is 1. The molecule has 1 amide bonds. The SMILES string of the molecule is O=Cc1ccc(C(=O)N2CCCCC2Cc2ccccc2)cc1[N+](=O)[O-]. The first kappa shape index (κ1) is 17.8. The molecule has 0 aliphatic carbocycles. The van der Waals surface area contributed by atoms with Crippen LogP contribution in [-0.4, -0.2) is 34.6 Å². The molecule has 1 aliphatic heterocycles. The number of carbonyl (C=O) groups excluding carboxylic acids is 2. The Balaban J connectivity index is 1.85. The Bertz CT molecular complexity index is 820. The molecule has 1 saturated heterocycles. The van der Waals surface area contributed by atoms with Crippen LogP contribution in [0.1, 0.15) is 45.5 Å². The summed E-state index contributed by atoms with van der Waals surface area (Å²) in [7, 11) is 0. The van der Waals surface area contributed by atoms with Crippen molar-refractivity contribution in [3.05, 3.63) is 75.3 Å². The monoisotopic (exact) mass is 352 g/mol. The zero-order valence-electron chi connectivity index (χ0n) is 14.3. The Hall–Kier alpha value is -3.02. The Kier molecular flexibility index (Phi) is 5.41. The molecule has 1 heterocycles. The summed E-state index contributed by atoms with van der Waals surface area (Å²) in [6.45, 7) is 0.638.